The van der Waals surface area contributed by atoms with Crippen LogP contribution in [0.25, 0.3) is 0 Å². The first-order valence-electron chi connectivity index (χ1n) is 14.2. The summed E-state index contributed by atoms with van der Waals surface area (Å²) in [4.78, 5) is 0.117. The van der Waals surface area contributed by atoms with Crippen molar-refractivity contribution in [2.45, 2.75) is 49.9 Å². The molecule has 0 aliphatic heterocycles. The molecule has 0 saturated heterocycles. The fourth-order valence-electron chi connectivity index (χ4n) is 5.32. The molecular weight excluding hydrogens is 642 g/mol. The van der Waals surface area contributed by atoms with Gasteiger partial charge in [-0.25, -0.2) is 29.9 Å². The number of nitrogens with zero attached hydrogens (tertiary/aromatic N) is 2. The molecule has 0 fully saturated rings. The van der Waals surface area contributed by atoms with Gasteiger partial charge in [0.05, 0.1) is 28.1 Å². The molecule has 0 aliphatic rings. The summed E-state index contributed by atoms with van der Waals surface area (Å²) < 4.78 is 92.2. The van der Waals surface area contributed by atoms with Crippen LogP contribution in [0.1, 0.15) is 41.6 Å². The number of hydrogen-bond donors (Lipinski definition) is 0. The molecule has 4 aromatic rings. The summed E-state index contributed by atoms with van der Waals surface area (Å²) in [6.45, 7) is 7.28. The van der Waals surface area contributed by atoms with E-state index >= 15 is 4.39 Å². The summed E-state index contributed by atoms with van der Waals surface area (Å²) in [5.41, 5.74) is 2.25. The first-order valence-corrected chi connectivity index (χ1v) is 17.4. The SMILES string of the molecule is Cc1cc(C)c(S(=O)(=O)N(C)CCCOc2ccccc2C(C)N(c2cc(F)ccc2F)S(=O)(=O)c2ccc(Cl)cc2)c(C)c1. The van der Waals surface area contributed by atoms with Gasteiger partial charge in [-0.3, -0.25) is 4.31 Å². The van der Waals surface area contributed by atoms with E-state index in [0.717, 1.165) is 28.1 Å². The number of aryl methyl sites for hydroxylation is 3. The maximum Gasteiger partial charge on any atom is 0.264 e. The third-order valence-electron chi connectivity index (χ3n) is 7.38. The zero-order chi connectivity index (χ0) is 33.1. The minimum absolute atomic E-state index is 0.105. The molecule has 0 radical (unpaired) electrons. The number of sulfonamides is 2. The summed E-state index contributed by atoms with van der Waals surface area (Å²) in [5, 5.41) is 0.312. The van der Waals surface area contributed by atoms with Gasteiger partial charge in [0.25, 0.3) is 10.0 Å². The number of anilines is 1. The van der Waals surface area contributed by atoms with E-state index in [-0.39, 0.29) is 22.9 Å². The molecule has 1 unspecified atom stereocenters. The molecule has 0 aliphatic carbocycles. The molecule has 45 heavy (non-hydrogen) atoms. The van der Waals surface area contributed by atoms with Gasteiger partial charge in [0, 0.05) is 30.2 Å². The lowest BCUT2D eigenvalue weighted by Crippen LogP contribution is -2.34. The summed E-state index contributed by atoms with van der Waals surface area (Å²) in [6.07, 6.45) is 0.327. The average Bonchev–Trinajstić information content (AvgIpc) is 2.96. The highest BCUT2D eigenvalue weighted by Gasteiger charge is 2.34. The molecule has 4 rings (SSSR count). The molecule has 0 spiro atoms. The largest absolute Gasteiger partial charge is 0.493 e. The number of para-hydroxylation sites is 1. The highest BCUT2D eigenvalue weighted by Crippen LogP contribution is 2.38. The Morgan fingerprint density at radius 2 is 1.47 bits per heavy atom. The van der Waals surface area contributed by atoms with Gasteiger partial charge < -0.3 is 4.74 Å². The van der Waals surface area contributed by atoms with Crippen molar-refractivity contribution in [3.63, 3.8) is 0 Å². The Balaban J connectivity index is 1.59. The molecule has 0 aromatic heterocycles. The molecule has 1 atom stereocenters. The second-order valence-corrected chi connectivity index (χ2v) is 15.1. The molecule has 240 valence electrons. The smallest absolute Gasteiger partial charge is 0.264 e. The van der Waals surface area contributed by atoms with Gasteiger partial charge in [-0.2, -0.15) is 0 Å². The molecule has 0 amide bonds. The van der Waals surface area contributed by atoms with E-state index in [4.69, 9.17) is 16.3 Å². The third kappa shape index (κ3) is 7.49. The number of benzene rings is 4. The van der Waals surface area contributed by atoms with Crippen molar-refractivity contribution >= 4 is 37.3 Å². The van der Waals surface area contributed by atoms with Crippen molar-refractivity contribution in [1.29, 1.82) is 0 Å². The quantitative estimate of drug-likeness (QED) is 0.144. The zero-order valence-electron chi connectivity index (χ0n) is 25.6. The molecular formula is C33H35ClF2N2O5S2. The predicted octanol–water partition coefficient (Wildman–Crippen LogP) is 7.59. The minimum atomic E-state index is -4.42. The standard InChI is InChI=1S/C33H35ClF2N2O5S2/c1-22-19-23(2)33(24(3)20-22)45(41,42)37(5)17-8-18-43-32-10-7-6-9-29(32)25(4)38(31-21-27(35)13-16-30(31)36)44(39,40)28-14-11-26(34)12-15-28/h6-7,9-16,19-21,25H,8,17-18H2,1-5H3. The normalized spacial score (nSPS) is 12.7. The van der Waals surface area contributed by atoms with Crippen LogP contribution >= 0.6 is 11.6 Å². The van der Waals surface area contributed by atoms with Crippen molar-refractivity contribution in [1.82, 2.24) is 4.31 Å². The van der Waals surface area contributed by atoms with Crippen LogP contribution in [-0.2, 0) is 20.0 Å². The van der Waals surface area contributed by atoms with Gasteiger partial charge in [-0.1, -0.05) is 47.5 Å². The van der Waals surface area contributed by atoms with Crippen LogP contribution in [0.5, 0.6) is 5.75 Å². The van der Waals surface area contributed by atoms with Crippen LogP contribution in [0.3, 0.4) is 0 Å². The van der Waals surface area contributed by atoms with Crippen LogP contribution < -0.4 is 9.04 Å². The first kappa shape index (κ1) is 34.4. The monoisotopic (exact) mass is 676 g/mol. The summed E-state index contributed by atoms with van der Waals surface area (Å²) >= 11 is 5.97. The maximum absolute atomic E-state index is 15.1. The van der Waals surface area contributed by atoms with E-state index in [1.807, 2.05) is 19.1 Å². The number of rotatable bonds is 12. The van der Waals surface area contributed by atoms with Crippen molar-refractivity contribution in [2.24, 2.45) is 0 Å². The third-order valence-corrected chi connectivity index (χ3v) is 11.7. The summed E-state index contributed by atoms with van der Waals surface area (Å²) in [7, 11) is -6.66. The Morgan fingerprint density at radius 3 is 2.11 bits per heavy atom. The Morgan fingerprint density at radius 1 is 0.844 bits per heavy atom. The van der Waals surface area contributed by atoms with E-state index in [2.05, 4.69) is 0 Å². The average molecular weight is 677 g/mol. The highest BCUT2D eigenvalue weighted by atomic mass is 35.5. The van der Waals surface area contributed by atoms with Gasteiger partial charge in [0.15, 0.2) is 0 Å². The Labute approximate surface area is 269 Å². The topological polar surface area (TPSA) is 84.0 Å². The molecule has 7 nitrogen and oxygen atoms in total. The van der Waals surface area contributed by atoms with Gasteiger partial charge in [-0.05, 0) is 87.7 Å². The van der Waals surface area contributed by atoms with Crippen LogP contribution in [0.15, 0.2) is 88.7 Å². The van der Waals surface area contributed by atoms with Crippen molar-refractivity contribution < 1.29 is 30.4 Å². The second kappa shape index (κ2) is 13.9. The second-order valence-electron chi connectivity index (χ2n) is 10.8. The Hall–Kier alpha value is -3.51. The lowest BCUT2D eigenvalue weighted by molar-refractivity contribution is 0.292. The lowest BCUT2D eigenvalue weighted by Gasteiger charge is -2.32. The summed E-state index contributed by atoms with van der Waals surface area (Å²) in [5.74, 6) is -1.43. The number of hydrogen-bond acceptors (Lipinski definition) is 5. The fraction of sp³-hybridized carbons (Fsp3) is 0.273. The predicted molar refractivity (Wildman–Crippen MR) is 173 cm³/mol. The van der Waals surface area contributed by atoms with Crippen LogP contribution in [0.2, 0.25) is 5.02 Å². The molecule has 0 heterocycles. The molecule has 4 aromatic carbocycles. The van der Waals surface area contributed by atoms with E-state index in [1.54, 1.807) is 45.0 Å². The number of ether oxygens (including phenoxy) is 1. The van der Waals surface area contributed by atoms with E-state index < -0.39 is 43.4 Å². The maximum atomic E-state index is 15.1. The fourth-order valence-corrected chi connectivity index (χ4v) is 8.70. The van der Waals surface area contributed by atoms with Crippen LogP contribution in [0, 0.1) is 32.4 Å². The van der Waals surface area contributed by atoms with Crippen LogP contribution in [0.4, 0.5) is 14.5 Å². The summed E-state index contributed by atoms with van der Waals surface area (Å²) in [6, 6.07) is 17.3. The molecule has 12 heteroatoms. The minimum Gasteiger partial charge on any atom is -0.493 e. The van der Waals surface area contributed by atoms with E-state index in [9.17, 15) is 21.2 Å². The highest BCUT2D eigenvalue weighted by molar-refractivity contribution is 7.92. The van der Waals surface area contributed by atoms with Gasteiger partial charge >= 0.3 is 0 Å². The van der Waals surface area contributed by atoms with Crippen molar-refractivity contribution in [3.8, 4) is 5.75 Å². The van der Waals surface area contributed by atoms with Crippen LogP contribution in [-0.4, -0.2) is 41.3 Å². The van der Waals surface area contributed by atoms with Gasteiger partial charge in [0.1, 0.15) is 17.4 Å². The number of halogens is 3. The molecule has 0 bridgehead atoms. The zero-order valence-corrected chi connectivity index (χ0v) is 28.0. The lowest BCUT2D eigenvalue weighted by atomic mass is 10.1. The van der Waals surface area contributed by atoms with Gasteiger partial charge in [-0.15, -0.1) is 0 Å². The Bertz CT molecular complexity index is 1880. The first-order chi connectivity index (χ1) is 21.1. The molecule has 0 saturated carbocycles. The van der Waals surface area contributed by atoms with Gasteiger partial charge in [0.2, 0.25) is 10.0 Å². The van der Waals surface area contributed by atoms with Crippen molar-refractivity contribution in [3.05, 3.63) is 118 Å². The van der Waals surface area contributed by atoms with E-state index in [1.165, 1.54) is 35.6 Å². The van der Waals surface area contributed by atoms with Crippen molar-refractivity contribution in [2.75, 3.05) is 24.5 Å². The molecule has 0 N–H and O–H groups in total. The Kier molecular flexibility index (Phi) is 10.6. The van der Waals surface area contributed by atoms with E-state index in [0.29, 0.717) is 33.9 Å².